The average molecular weight is 2000 g/mol. The van der Waals surface area contributed by atoms with Gasteiger partial charge in [-0.2, -0.15) is 0 Å². The molecular formula is C86H75F2N7O6Pd3Rh3S-6. The fraction of sp³-hybridized carbons (Fsp3) is 0.116. The van der Waals surface area contributed by atoms with E-state index >= 15 is 0 Å². The van der Waals surface area contributed by atoms with E-state index in [0.717, 1.165) is 67.4 Å². The molecule has 15 aromatic rings. The van der Waals surface area contributed by atoms with Crippen LogP contribution in [0.3, 0.4) is 0 Å². The molecule has 0 aliphatic rings. The van der Waals surface area contributed by atoms with Crippen LogP contribution in [0, 0.1) is 48.0 Å². The SMILES string of the molecule is CC(O)CC(C)O.CC(O)CC(C)O.Fc1c[c-]c(-c2ccccn2)c(F)c1.O=C(O)c1ccccn1.[Pd].[Pd].[Pd].[Rh].[Rh].[Rh].[c-]1c(-c2ccccn2)sc2ccccc12.[c-]1cccc2ccc3cccnc3c12.[c-]1ccccc1-c1ccccn1.[c-]1ccccc1-c1ccccn1.[c-]1ccccc1-c1ccccn1. The Balaban J connectivity index is 0.000000609. The molecule has 22 heteroatoms. The molecule has 15 rings (SSSR count). The van der Waals surface area contributed by atoms with Crippen molar-refractivity contribution in [2.24, 2.45) is 0 Å². The Morgan fingerprint density at radius 1 is 0.407 bits per heavy atom. The van der Waals surface area contributed by atoms with Crippen molar-refractivity contribution in [3.05, 3.63) is 358 Å². The van der Waals surface area contributed by atoms with Gasteiger partial charge in [0.2, 0.25) is 0 Å². The molecule has 0 fully saturated rings. The van der Waals surface area contributed by atoms with Crippen LogP contribution < -0.4 is 0 Å². The number of aromatic nitrogens is 7. The maximum Gasteiger partial charge on any atom is 0.354 e. The first-order valence-corrected chi connectivity index (χ1v) is 33.2. The van der Waals surface area contributed by atoms with Crippen LogP contribution in [-0.2, 0) is 120 Å². The van der Waals surface area contributed by atoms with Gasteiger partial charge in [0, 0.05) is 180 Å². The predicted molar refractivity (Wildman–Crippen MR) is 403 cm³/mol. The number of pyridine rings is 7. The fourth-order valence-corrected chi connectivity index (χ4v) is 10.1. The summed E-state index contributed by atoms with van der Waals surface area (Å²) in [5.74, 6) is -2.28. The van der Waals surface area contributed by atoms with Gasteiger partial charge in [-0.25, -0.2) is 21.1 Å². The van der Waals surface area contributed by atoms with Crippen LogP contribution in [0.2, 0.25) is 0 Å². The van der Waals surface area contributed by atoms with E-state index in [4.69, 9.17) is 25.5 Å². The summed E-state index contributed by atoms with van der Waals surface area (Å²) in [4.78, 5) is 40.1. The van der Waals surface area contributed by atoms with Crippen LogP contribution in [0.15, 0.2) is 304 Å². The second-order valence-electron chi connectivity index (χ2n) is 22.2. The van der Waals surface area contributed by atoms with Gasteiger partial charge in [-0.1, -0.05) is 109 Å². The number of rotatable bonds is 10. The number of aliphatic hydroxyl groups is 4. The summed E-state index contributed by atoms with van der Waals surface area (Å²) in [6.45, 7) is 6.64. The van der Waals surface area contributed by atoms with Gasteiger partial charge in [0.05, 0.1) is 24.4 Å². The van der Waals surface area contributed by atoms with Gasteiger partial charge < -0.3 is 55.4 Å². The van der Waals surface area contributed by atoms with Crippen LogP contribution >= 0.6 is 11.3 Å². The van der Waals surface area contributed by atoms with Gasteiger partial charge in [0.1, 0.15) is 5.69 Å². The number of halogens is 2. The van der Waals surface area contributed by atoms with Crippen LogP contribution in [0.25, 0.3) is 87.4 Å². The zero-order valence-electron chi connectivity index (χ0n) is 58.5. The number of hydrogen-bond donors (Lipinski definition) is 5. The van der Waals surface area contributed by atoms with E-state index in [0.29, 0.717) is 18.5 Å². The Kier molecular flexibility index (Phi) is 51.2. The van der Waals surface area contributed by atoms with Crippen molar-refractivity contribution < 1.29 is 159 Å². The van der Waals surface area contributed by atoms with E-state index in [-0.39, 0.29) is 155 Å². The molecule has 0 spiro atoms. The molecular weight excluding hydrogens is 1930 g/mol. The molecule has 0 saturated carbocycles. The summed E-state index contributed by atoms with van der Waals surface area (Å²) in [6.07, 6.45) is 11.4. The van der Waals surface area contributed by atoms with Crippen molar-refractivity contribution in [2.45, 2.75) is 65.0 Å². The molecule has 5 N–H and O–H groups in total. The smallest absolute Gasteiger partial charge is 0.354 e. The molecule has 4 atom stereocenters. The van der Waals surface area contributed by atoms with Gasteiger partial charge in [-0.15, -0.1) is 178 Å². The van der Waals surface area contributed by atoms with E-state index in [1.54, 1.807) is 94.2 Å². The molecule has 0 aliphatic heterocycles. The number of carboxylic acids is 1. The first-order chi connectivity index (χ1) is 49.6. The van der Waals surface area contributed by atoms with Crippen molar-refractivity contribution in [1.29, 1.82) is 0 Å². The Hall–Kier alpha value is -7.90. The minimum atomic E-state index is -0.990. The van der Waals surface area contributed by atoms with Gasteiger partial charge in [-0.05, 0) is 132 Å². The number of fused-ring (bicyclic) bond motifs is 4. The molecule has 3 radical (unpaired) electrons. The third-order valence-corrected chi connectivity index (χ3v) is 14.7. The Morgan fingerprint density at radius 2 is 0.796 bits per heavy atom. The van der Waals surface area contributed by atoms with E-state index < -0.39 is 17.6 Å². The van der Waals surface area contributed by atoms with E-state index in [9.17, 15) is 13.6 Å². The van der Waals surface area contributed by atoms with Gasteiger partial charge in [0.25, 0.3) is 0 Å². The third kappa shape index (κ3) is 36.5. The number of aliphatic hydroxyl groups excluding tert-OH is 4. The van der Waals surface area contributed by atoms with E-state index in [1.807, 2.05) is 182 Å². The van der Waals surface area contributed by atoms with Gasteiger partial charge >= 0.3 is 5.97 Å². The molecule has 8 aromatic heterocycles. The Bertz CT molecular complexity index is 4390. The summed E-state index contributed by atoms with van der Waals surface area (Å²) in [5, 5.41) is 47.2. The number of carboxylic acid groups (broad SMARTS) is 1. The maximum absolute atomic E-state index is 13.2. The largest absolute Gasteiger partial charge is 0.477 e. The second-order valence-corrected chi connectivity index (χ2v) is 23.2. The molecule has 13 nitrogen and oxygen atoms in total. The maximum atomic E-state index is 13.2. The summed E-state index contributed by atoms with van der Waals surface area (Å²) >= 11 is 1.73. The van der Waals surface area contributed by atoms with E-state index in [2.05, 4.69) is 114 Å². The van der Waals surface area contributed by atoms with E-state index in [1.165, 1.54) is 33.1 Å². The number of thiophene rings is 1. The molecule has 0 amide bonds. The van der Waals surface area contributed by atoms with Crippen LogP contribution in [0.5, 0.6) is 0 Å². The quantitative estimate of drug-likeness (QED) is 0.0491. The molecule has 0 saturated heterocycles. The normalized spacial score (nSPS) is 10.6. The molecule has 0 bridgehead atoms. The van der Waals surface area contributed by atoms with Crippen molar-refractivity contribution in [2.75, 3.05) is 0 Å². The summed E-state index contributed by atoms with van der Waals surface area (Å²) in [7, 11) is 0. The molecule has 4 unspecified atom stereocenters. The van der Waals surface area contributed by atoms with Gasteiger partial charge in [0.15, 0.2) is 0 Å². The van der Waals surface area contributed by atoms with Crippen LogP contribution in [-0.4, -0.2) is 90.8 Å². The fourth-order valence-electron chi connectivity index (χ4n) is 9.12. The number of nitrogens with zero attached hydrogens (tertiary/aromatic N) is 7. The van der Waals surface area contributed by atoms with Crippen LogP contribution in [0.1, 0.15) is 51.0 Å². The average Bonchev–Trinajstić information content (AvgIpc) is 1.53. The second kappa shape index (κ2) is 56.3. The topological polar surface area (TPSA) is 208 Å². The molecule has 8 heterocycles. The molecule has 0 aliphatic carbocycles. The standard InChI is InChI=1S/C13H8NS.C13H8N.C11H6F2N.3C11H8N.C6H5NO2.2C5H12O2.3Pd.3Rh/c1-2-7-12-10(5-1)9-13(15-12)11-6-3-4-8-14-11;1-2-6-12-10(4-1)7-8-11-5-3-9-14-13(11)12;12-8-4-5-9(10(13)7-8)11-3-1-2-6-14-11;3*1-2-6-10(7-3-1)11-8-4-5-9-12-11;8-6(9)5-3-1-2-4-7-5;2*1-4(6)3-5(2)7;;;;;;/h1-8H;1-5,7-9H;1-4,6-7H;3*1-6,8-9H;1-4H,(H,8,9);2*4-7H,3H2,1-2H3;;;;;;/q6*-1;;;;;;;;;. The minimum Gasteiger partial charge on any atom is -0.477 e. The predicted octanol–water partition coefficient (Wildman–Crippen LogP) is 18.5. The number of carbonyl (C=O) groups is 1. The summed E-state index contributed by atoms with van der Waals surface area (Å²) < 4.78 is 27.1. The summed E-state index contributed by atoms with van der Waals surface area (Å²) in [5.41, 5.74) is 8.78. The van der Waals surface area contributed by atoms with Crippen molar-refractivity contribution in [1.82, 2.24) is 34.9 Å². The number of hydrogen-bond acceptors (Lipinski definition) is 13. The van der Waals surface area contributed by atoms with Crippen molar-refractivity contribution in [3.8, 4) is 55.6 Å². The minimum absolute atomic E-state index is 0. The van der Waals surface area contributed by atoms with Crippen molar-refractivity contribution >= 4 is 49.1 Å². The Morgan fingerprint density at radius 3 is 1.18 bits per heavy atom. The molecule has 108 heavy (non-hydrogen) atoms. The Labute approximate surface area is 714 Å². The monoisotopic (exact) mass is 2000 g/mol. The summed E-state index contributed by atoms with van der Waals surface area (Å²) in [6, 6.07) is 99.8. The first-order valence-electron chi connectivity index (χ1n) is 32.4. The van der Waals surface area contributed by atoms with Crippen LogP contribution in [0.4, 0.5) is 8.78 Å². The zero-order chi connectivity index (χ0) is 72.5. The third-order valence-electron chi connectivity index (χ3n) is 13.6. The first kappa shape index (κ1) is 98.1. The van der Waals surface area contributed by atoms with Crippen molar-refractivity contribution in [3.63, 3.8) is 0 Å². The number of aromatic carboxylic acids is 1. The molecule has 7 aromatic carbocycles. The number of benzene rings is 7. The molecule has 573 valence electrons. The van der Waals surface area contributed by atoms with Gasteiger partial charge in [-0.3, -0.25) is 8.78 Å². The zero-order valence-corrected chi connectivity index (χ0v) is 68.9.